The Hall–Kier alpha value is -3.37. The second-order valence-electron chi connectivity index (χ2n) is 10.1. The van der Waals surface area contributed by atoms with Crippen molar-refractivity contribution < 1.29 is 9.53 Å². The molecular formula is C30H35N5O3S2. The van der Waals surface area contributed by atoms with Gasteiger partial charge >= 0.3 is 0 Å². The highest BCUT2D eigenvalue weighted by atomic mass is 32.2. The molecule has 5 rings (SSSR count). The standard InChI is InChI=1S/C30H35N5O3S2/c1-4-5-6-9-14-34-29(37)25(40-30(34)39)19-22-27(31-26-13-12-21(2)20-35(26)28(22)36)33-17-15-32(16-18-33)23-10-7-8-11-24(23)38-3/h7-8,10-13,19-20H,4-6,9,14-18H2,1-3H3. The van der Waals surface area contributed by atoms with Crippen LogP contribution in [0.5, 0.6) is 5.75 Å². The van der Waals surface area contributed by atoms with Gasteiger partial charge < -0.3 is 14.5 Å². The lowest BCUT2D eigenvalue weighted by molar-refractivity contribution is -0.122. The summed E-state index contributed by atoms with van der Waals surface area (Å²) < 4.78 is 7.69. The first-order chi connectivity index (χ1) is 19.4. The van der Waals surface area contributed by atoms with Crippen molar-refractivity contribution in [3.8, 4) is 5.75 Å². The van der Waals surface area contributed by atoms with Crippen LogP contribution in [0.2, 0.25) is 0 Å². The van der Waals surface area contributed by atoms with Crippen LogP contribution in [0.1, 0.15) is 43.7 Å². The van der Waals surface area contributed by atoms with E-state index in [0.717, 1.165) is 55.8 Å². The molecule has 10 heteroatoms. The van der Waals surface area contributed by atoms with Gasteiger partial charge in [-0.15, -0.1) is 0 Å². The van der Waals surface area contributed by atoms with Gasteiger partial charge in [0.25, 0.3) is 11.5 Å². The molecule has 2 fully saturated rings. The summed E-state index contributed by atoms with van der Waals surface area (Å²) in [6.07, 6.45) is 7.74. The van der Waals surface area contributed by atoms with Gasteiger partial charge in [0.05, 0.1) is 23.3 Å². The fourth-order valence-corrected chi connectivity index (χ4v) is 6.48. The summed E-state index contributed by atoms with van der Waals surface area (Å²) in [5, 5.41) is 0. The maximum Gasteiger partial charge on any atom is 0.267 e. The number of methoxy groups -OCH3 is 1. The van der Waals surface area contributed by atoms with Gasteiger partial charge in [-0.1, -0.05) is 68.4 Å². The Bertz CT molecular complexity index is 1510. The zero-order valence-corrected chi connectivity index (χ0v) is 24.9. The van der Waals surface area contributed by atoms with Gasteiger partial charge in [0.1, 0.15) is 21.5 Å². The smallest absolute Gasteiger partial charge is 0.267 e. The van der Waals surface area contributed by atoms with Crippen LogP contribution < -0.4 is 20.1 Å². The Morgan fingerprint density at radius 3 is 2.52 bits per heavy atom. The number of para-hydroxylation sites is 2. The molecule has 40 heavy (non-hydrogen) atoms. The van der Waals surface area contributed by atoms with Crippen LogP contribution in [0.4, 0.5) is 11.5 Å². The third kappa shape index (κ3) is 5.74. The molecule has 1 aromatic carbocycles. The van der Waals surface area contributed by atoms with E-state index in [1.165, 1.54) is 11.8 Å². The minimum Gasteiger partial charge on any atom is -0.495 e. The van der Waals surface area contributed by atoms with Gasteiger partial charge in [-0.2, -0.15) is 0 Å². The number of hydrogen-bond donors (Lipinski definition) is 0. The molecule has 0 bridgehead atoms. The molecule has 0 atom stereocenters. The Labute approximate surface area is 244 Å². The largest absolute Gasteiger partial charge is 0.495 e. The van der Waals surface area contributed by atoms with Gasteiger partial charge in [-0.05, 0) is 43.2 Å². The van der Waals surface area contributed by atoms with E-state index >= 15 is 0 Å². The molecule has 2 saturated heterocycles. The SMILES string of the molecule is CCCCCCN1C(=O)C(=Cc2c(N3CCN(c4ccccc4OC)CC3)nc3ccc(C)cn3c2=O)SC1=S. The Morgan fingerprint density at radius 2 is 1.77 bits per heavy atom. The van der Waals surface area contributed by atoms with Gasteiger partial charge in [0, 0.05) is 38.9 Å². The van der Waals surface area contributed by atoms with Crippen LogP contribution >= 0.6 is 24.0 Å². The van der Waals surface area contributed by atoms with Crippen molar-refractivity contribution in [2.75, 3.05) is 49.6 Å². The Balaban J connectivity index is 1.47. The number of aromatic nitrogens is 2. The first kappa shape index (κ1) is 28.2. The molecule has 0 N–H and O–H groups in total. The van der Waals surface area contributed by atoms with E-state index in [2.05, 4.69) is 22.8 Å². The molecule has 0 saturated carbocycles. The molecule has 0 aliphatic carbocycles. The molecule has 4 heterocycles. The number of thiocarbonyl (C=S) groups is 1. The van der Waals surface area contributed by atoms with Crippen molar-refractivity contribution >= 4 is 57.4 Å². The number of unbranched alkanes of at least 4 members (excludes halogenated alkanes) is 3. The zero-order valence-electron chi connectivity index (χ0n) is 23.3. The summed E-state index contributed by atoms with van der Waals surface area (Å²) in [7, 11) is 1.68. The van der Waals surface area contributed by atoms with Crippen LogP contribution in [0, 0.1) is 6.92 Å². The predicted octanol–water partition coefficient (Wildman–Crippen LogP) is 5.12. The number of carbonyl (C=O) groups is 1. The second-order valence-corrected chi connectivity index (χ2v) is 11.8. The fourth-order valence-electron chi connectivity index (χ4n) is 5.19. The van der Waals surface area contributed by atoms with E-state index in [1.807, 2.05) is 37.3 Å². The lowest BCUT2D eigenvalue weighted by Gasteiger charge is -2.37. The molecule has 8 nitrogen and oxygen atoms in total. The number of ether oxygens (including phenoxy) is 1. The predicted molar refractivity (Wildman–Crippen MR) is 168 cm³/mol. The minimum atomic E-state index is -0.191. The normalized spacial score (nSPS) is 17.0. The summed E-state index contributed by atoms with van der Waals surface area (Å²) in [6, 6.07) is 11.8. The van der Waals surface area contributed by atoms with Crippen molar-refractivity contribution in [3.63, 3.8) is 0 Å². The lowest BCUT2D eigenvalue weighted by Crippen LogP contribution is -2.47. The number of hydrogen-bond acceptors (Lipinski definition) is 8. The van der Waals surface area contributed by atoms with E-state index in [-0.39, 0.29) is 11.5 Å². The van der Waals surface area contributed by atoms with Crippen molar-refractivity contribution in [1.29, 1.82) is 0 Å². The number of thioether (sulfide) groups is 1. The number of benzene rings is 1. The molecular weight excluding hydrogens is 542 g/mol. The Morgan fingerprint density at radius 1 is 1.02 bits per heavy atom. The number of nitrogens with zero attached hydrogens (tertiary/aromatic N) is 5. The topological polar surface area (TPSA) is 70.4 Å². The summed E-state index contributed by atoms with van der Waals surface area (Å²) in [5.41, 5.74) is 2.82. The number of amides is 1. The molecule has 2 aromatic heterocycles. The van der Waals surface area contributed by atoms with E-state index in [4.69, 9.17) is 21.9 Å². The summed E-state index contributed by atoms with van der Waals surface area (Å²) in [6.45, 7) is 7.55. The van der Waals surface area contributed by atoms with E-state index in [0.29, 0.717) is 45.9 Å². The molecule has 210 valence electrons. The van der Waals surface area contributed by atoms with E-state index in [9.17, 15) is 9.59 Å². The van der Waals surface area contributed by atoms with Gasteiger partial charge in [-0.25, -0.2) is 4.98 Å². The first-order valence-electron chi connectivity index (χ1n) is 13.8. The van der Waals surface area contributed by atoms with Crippen LogP contribution in [0.15, 0.2) is 52.3 Å². The number of aryl methyl sites for hydroxylation is 1. The number of pyridine rings is 1. The highest BCUT2D eigenvalue weighted by molar-refractivity contribution is 8.26. The highest BCUT2D eigenvalue weighted by Gasteiger charge is 2.33. The number of anilines is 2. The fraction of sp³-hybridized carbons (Fsp3) is 0.400. The highest BCUT2D eigenvalue weighted by Crippen LogP contribution is 2.34. The van der Waals surface area contributed by atoms with Crippen molar-refractivity contribution in [2.45, 2.75) is 39.5 Å². The second kappa shape index (κ2) is 12.4. The van der Waals surface area contributed by atoms with Crippen LogP contribution in [-0.2, 0) is 4.79 Å². The molecule has 0 unspecified atom stereocenters. The van der Waals surface area contributed by atoms with Crippen LogP contribution in [0.25, 0.3) is 11.7 Å². The molecule has 1 amide bonds. The molecule has 0 radical (unpaired) electrons. The zero-order chi connectivity index (χ0) is 28.2. The van der Waals surface area contributed by atoms with Gasteiger partial charge in [0.15, 0.2) is 0 Å². The summed E-state index contributed by atoms with van der Waals surface area (Å²) >= 11 is 6.82. The van der Waals surface area contributed by atoms with Gasteiger partial charge in [0.2, 0.25) is 0 Å². The van der Waals surface area contributed by atoms with Crippen molar-refractivity contribution in [2.24, 2.45) is 0 Å². The van der Waals surface area contributed by atoms with Gasteiger partial charge in [-0.3, -0.25) is 18.9 Å². The summed E-state index contributed by atoms with van der Waals surface area (Å²) in [4.78, 5) is 38.7. The molecule has 2 aliphatic rings. The average Bonchev–Trinajstić information content (AvgIpc) is 3.24. The van der Waals surface area contributed by atoms with E-state index in [1.54, 1.807) is 28.7 Å². The maximum absolute atomic E-state index is 13.9. The first-order valence-corrected chi connectivity index (χ1v) is 15.0. The van der Waals surface area contributed by atoms with Crippen LogP contribution in [-0.4, -0.2) is 64.3 Å². The third-order valence-corrected chi connectivity index (χ3v) is 8.75. The number of fused-ring (bicyclic) bond motifs is 1. The minimum absolute atomic E-state index is 0.132. The number of piperazine rings is 1. The number of carbonyl (C=O) groups excluding carboxylic acids is 1. The van der Waals surface area contributed by atoms with Crippen LogP contribution in [0.3, 0.4) is 0 Å². The maximum atomic E-state index is 13.9. The number of rotatable bonds is 9. The molecule has 2 aliphatic heterocycles. The third-order valence-electron chi connectivity index (χ3n) is 7.37. The lowest BCUT2D eigenvalue weighted by atomic mass is 10.2. The summed E-state index contributed by atoms with van der Waals surface area (Å²) in [5.74, 6) is 1.31. The van der Waals surface area contributed by atoms with E-state index < -0.39 is 0 Å². The molecule has 3 aromatic rings. The average molecular weight is 578 g/mol. The van der Waals surface area contributed by atoms with Crippen molar-refractivity contribution in [1.82, 2.24) is 14.3 Å². The van der Waals surface area contributed by atoms with Crippen molar-refractivity contribution in [3.05, 3.63) is 69.0 Å². The Kier molecular flexibility index (Phi) is 8.75. The monoisotopic (exact) mass is 577 g/mol. The molecule has 0 spiro atoms. The quantitative estimate of drug-likeness (QED) is 0.197.